The Kier molecular flexibility index (Phi) is 4.47. The summed E-state index contributed by atoms with van der Waals surface area (Å²) in [5, 5.41) is 5.07. The topological polar surface area (TPSA) is 98.2 Å². The SMILES string of the molecule is NC(=O)c1csc2nc(-c3ccc(NCC4(c5ncccc5F)CCC4)cn3)cn12. The van der Waals surface area contributed by atoms with Gasteiger partial charge in [-0.1, -0.05) is 6.42 Å². The Morgan fingerprint density at radius 3 is 2.80 bits per heavy atom. The molecular weight excluding hydrogens is 403 g/mol. The van der Waals surface area contributed by atoms with Crippen molar-refractivity contribution in [1.29, 1.82) is 0 Å². The minimum absolute atomic E-state index is 0.248. The molecule has 0 bridgehead atoms. The summed E-state index contributed by atoms with van der Waals surface area (Å²) in [5.74, 6) is -0.741. The van der Waals surface area contributed by atoms with Crippen LogP contribution in [0.1, 0.15) is 35.4 Å². The molecule has 0 radical (unpaired) electrons. The van der Waals surface area contributed by atoms with Gasteiger partial charge in [-0.05, 0) is 37.1 Å². The molecule has 0 saturated heterocycles. The quantitative estimate of drug-likeness (QED) is 0.494. The van der Waals surface area contributed by atoms with Crippen molar-refractivity contribution in [2.45, 2.75) is 24.7 Å². The predicted molar refractivity (Wildman–Crippen MR) is 113 cm³/mol. The lowest BCUT2D eigenvalue weighted by Crippen LogP contribution is -2.42. The van der Waals surface area contributed by atoms with Crippen LogP contribution in [0, 0.1) is 5.82 Å². The Morgan fingerprint density at radius 1 is 1.27 bits per heavy atom. The molecule has 1 amide bonds. The maximum Gasteiger partial charge on any atom is 0.266 e. The third-order valence-corrected chi connectivity index (χ3v) is 6.53. The van der Waals surface area contributed by atoms with Gasteiger partial charge in [-0.25, -0.2) is 9.37 Å². The molecule has 0 atom stereocenters. The van der Waals surface area contributed by atoms with Crippen molar-refractivity contribution < 1.29 is 9.18 Å². The van der Waals surface area contributed by atoms with E-state index in [9.17, 15) is 9.18 Å². The normalized spacial score (nSPS) is 15.1. The first kappa shape index (κ1) is 18.7. The minimum Gasteiger partial charge on any atom is -0.383 e. The Hall–Kier alpha value is -3.33. The molecule has 5 rings (SSSR count). The van der Waals surface area contributed by atoms with E-state index >= 15 is 0 Å². The molecule has 0 aliphatic heterocycles. The predicted octanol–water partition coefficient (Wildman–Crippen LogP) is 3.62. The van der Waals surface area contributed by atoms with Crippen LogP contribution in [0.15, 0.2) is 48.2 Å². The lowest BCUT2D eigenvalue weighted by atomic mass is 9.66. The van der Waals surface area contributed by atoms with E-state index in [-0.39, 0.29) is 11.2 Å². The highest BCUT2D eigenvalue weighted by atomic mass is 32.1. The number of aromatic nitrogens is 4. The van der Waals surface area contributed by atoms with E-state index in [4.69, 9.17) is 5.73 Å². The van der Waals surface area contributed by atoms with Gasteiger partial charge in [-0.2, -0.15) is 0 Å². The van der Waals surface area contributed by atoms with Crippen LogP contribution in [0.2, 0.25) is 0 Å². The number of primary amides is 1. The number of nitrogens with two attached hydrogens (primary N) is 1. The average molecular weight is 422 g/mol. The third kappa shape index (κ3) is 3.11. The zero-order valence-corrected chi connectivity index (χ0v) is 16.8. The van der Waals surface area contributed by atoms with E-state index in [1.165, 1.54) is 17.4 Å². The van der Waals surface area contributed by atoms with Crippen LogP contribution in [0.5, 0.6) is 0 Å². The van der Waals surface area contributed by atoms with Crippen LogP contribution >= 0.6 is 11.3 Å². The monoisotopic (exact) mass is 422 g/mol. The van der Waals surface area contributed by atoms with Gasteiger partial charge < -0.3 is 11.1 Å². The number of carbonyl (C=O) groups is 1. The molecule has 9 heteroatoms. The molecule has 1 fully saturated rings. The second-order valence-corrected chi connectivity index (χ2v) is 8.35. The maximum atomic E-state index is 14.3. The van der Waals surface area contributed by atoms with Crippen LogP contribution in [-0.2, 0) is 5.41 Å². The van der Waals surface area contributed by atoms with Crippen molar-refractivity contribution >= 4 is 27.9 Å². The fraction of sp³-hybridized carbons (Fsp3) is 0.238. The molecule has 4 heterocycles. The molecule has 30 heavy (non-hydrogen) atoms. The molecule has 0 unspecified atom stereocenters. The molecule has 152 valence electrons. The van der Waals surface area contributed by atoms with Gasteiger partial charge in [-0.15, -0.1) is 11.3 Å². The largest absolute Gasteiger partial charge is 0.383 e. The number of hydrogen-bond acceptors (Lipinski definition) is 6. The molecule has 4 aromatic heterocycles. The second-order valence-electron chi connectivity index (χ2n) is 7.52. The number of imidazole rings is 1. The van der Waals surface area contributed by atoms with Crippen molar-refractivity contribution in [2.75, 3.05) is 11.9 Å². The highest BCUT2D eigenvalue weighted by molar-refractivity contribution is 7.15. The number of rotatable bonds is 6. The summed E-state index contributed by atoms with van der Waals surface area (Å²) in [6, 6.07) is 6.88. The van der Waals surface area contributed by atoms with Crippen molar-refractivity contribution in [1.82, 2.24) is 19.4 Å². The van der Waals surface area contributed by atoms with Gasteiger partial charge in [0, 0.05) is 29.7 Å². The minimum atomic E-state index is -0.494. The summed E-state index contributed by atoms with van der Waals surface area (Å²) < 4.78 is 16.0. The first-order valence-corrected chi connectivity index (χ1v) is 10.5. The van der Waals surface area contributed by atoms with E-state index in [1.54, 1.807) is 34.4 Å². The van der Waals surface area contributed by atoms with Crippen LogP contribution in [0.4, 0.5) is 10.1 Å². The highest BCUT2D eigenvalue weighted by Crippen LogP contribution is 2.43. The number of anilines is 1. The van der Waals surface area contributed by atoms with Crippen molar-refractivity contribution in [3.8, 4) is 11.4 Å². The number of nitrogens with one attached hydrogen (secondary N) is 1. The lowest BCUT2D eigenvalue weighted by molar-refractivity contribution is 0.0995. The number of nitrogens with zero attached hydrogens (tertiary/aromatic N) is 4. The molecular formula is C21H19FN6OS. The van der Waals surface area contributed by atoms with E-state index in [0.29, 0.717) is 34.3 Å². The molecule has 3 N–H and O–H groups in total. The third-order valence-electron chi connectivity index (χ3n) is 5.69. The van der Waals surface area contributed by atoms with Gasteiger partial charge in [-0.3, -0.25) is 19.2 Å². The summed E-state index contributed by atoms with van der Waals surface area (Å²) in [6.45, 7) is 0.601. The summed E-state index contributed by atoms with van der Waals surface area (Å²) >= 11 is 1.35. The summed E-state index contributed by atoms with van der Waals surface area (Å²) in [4.78, 5) is 25.5. The molecule has 1 saturated carbocycles. The number of fused-ring (bicyclic) bond motifs is 1. The Balaban J connectivity index is 1.33. The average Bonchev–Trinajstić information content (AvgIpc) is 3.29. The zero-order valence-electron chi connectivity index (χ0n) is 16.0. The first-order chi connectivity index (χ1) is 14.6. The van der Waals surface area contributed by atoms with Gasteiger partial charge in [0.1, 0.15) is 17.2 Å². The fourth-order valence-corrected chi connectivity index (χ4v) is 4.74. The second kappa shape index (κ2) is 7.17. The van der Waals surface area contributed by atoms with Crippen molar-refractivity contribution in [3.63, 3.8) is 0 Å². The van der Waals surface area contributed by atoms with E-state index in [0.717, 1.165) is 24.9 Å². The van der Waals surface area contributed by atoms with Gasteiger partial charge in [0.15, 0.2) is 4.96 Å². The molecule has 4 aromatic rings. The summed E-state index contributed by atoms with van der Waals surface area (Å²) in [7, 11) is 0. The molecule has 1 aliphatic carbocycles. The number of carbonyl (C=O) groups excluding carboxylic acids is 1. The van der Waals surface area contributed by atoms with Crippen LogP contribution < -0.4 is 11.1 Å². The van der Waals surface area contributed by atoms with E-state index in [1.807, 2.05) is 12.1 Å². The molecule has 0 spiro atoms. The van der Waals surface area contributed by atoms with Gasteiger partial charge in [0.05, 0.1) is 23.3 Å². The molecule has 7 nitrogen and oxygen atoms in total. The Morgan fingerprint density at radius 2 is 2.13 bits per heavy atom. The Bertz CT molecular complexity index is 1230. The maximum absolute atomic E-state index is 14.3. The number of halogens is 1. The van der Waals surface area contributed by atoms with Crippen LogP contribution in [0.25, 0.3) is 16.3 Å². The van der Waals surface area contributed by atoms with Gasteiger partial charge in [0.2, 0.25) is 0 Å². The van der Waals surface area contributed by atoms with Gasteiger partial charge in [0.25, 0.3) is 5.91 Å². The summed E-state index contributed by atoms with van der Waals surface area (Å²) in [5.41, 5.74) is 8.27. The van der Waals surface area contributed by atoms with Crippen LogP contribution in [0.3, 0.4) is 0 Å². The highest BCUT2D eigenvalue weighted by Gasteiger charge is 2.41. The molecule has 1 aliphatic rings. The fourth-order valence-electron chi connectivity index (χ4n) is 3.88. The smallest absolute Gasteiger partial charge is 0.266 e. The summed E-state index contributed by atoms with van der Waals surface area (Å²) in [6.07, 6.45) is 8.03. The zero-order chi connectivity index (χ0) is 20.7. The first-order valence-electron chi connectivity index (χ1n) is 9.63. The number of hydrogen-bond donors (Lipinski definition) is 2. The number of pyridine rings is 2. The number of amides is 1. The van der Waals surface area contributed by atoms with E-state index < -0.39 is 5.91 Å². The lowest BCUT2D eigenvalue weighted by Gasteiger charge is -2.41. The van der Waals surface area contributed by atoms with E-state index in [2.05, 4.69) is 20.3 Å². The Labute approximate surface area is 175 Å². The standard InChI is InChI=1S/C21H19FN6OS/c22-14-3-1-8-24-18(14)21(6-2-7-21)12-26-13-4-5-15(25-9-13)16-10-28-17(19(23)29)11-30-20(28)27-16/h1,3-5,8-11,26H,2,6-7,12H2,(H2,23,29). The number of thiazole rings is 1. The van der Waals surface area contributed by atoms with Crippen LogP contribution in [-0.4, -0.2) is 31.8 Å². The van der Waals surface area contributed by atoms with Crippen molar-refractivity contribution in [3.05, 3.63) is 65.4 Å². The van der Waals surface area contributed by atoms with Gasteiger partial charge >= 0.3 is 0 Å². The van der Waals surface area contributed by atoms with Crippen molar-refractivity contribution in [2.24, 2.45) is 5.73 Å². The molecule has 0 aromatic carbocycles.